The molecule has 1 aliphatic rings. The lowest BCUT2D eigenvalue weighted by atomic mass is 9.99. The second-order valence-corrected chi connectivity index (χ2v) is 6.94. The number of aryl methyl sites for hydroxylation is 2. The van der Waals surface area contributed by atoms with Crippen LogP contribution in [0.2, 0.25) is 5.02 Å². The number of halogens is 2. The summed E-state index contributed by atoms with van der Waals surface area (Å²) in [6, 6.07) is 4.56. The SMILES string of the molecule is Cc1nc2nc(C3CCOCC3)nc(-c3ccc(Cl)cc3F)c2nc1C. The molecule has 7 heteroatoms. The third-order valence-electron chi connectivity index (χ3n) is 4.73. The van der Waals surface area contributed by atoms with Gasteiger partial charge >= 0.3 is 0 Å². The Bertz CT molecular complexity index is 989. The zero-order valence-corrected chi connectivity index (χ0v) is 15.3. The smallest absolute Gasteiger partial charge is 0.182 e. The van der Waals surface area contributed by atoms with Gasteiger partial charge in [0, 0.05) is 29.7 Å². The number of ether oxygens (including phenoxy) is 1. The minimum absolute atomic E-state index is 0.172. The van der Waals surface area contributed by atoms with Crippen LogP contribution in [0.15, 0.2) is 18.2 Å². The number of fused-ring (bicyclic) bond motifs is 1. The molecule has 0 spiro atoms. The molecule has 134 valence electrons. The van der Waals surface area contributed by atoms with Crippen molar-refractivity contribution in [1.29, 1.82) is 0 Å². The fourth-order valence-corrected chi connectivity index (χ4v) is 3.30. The monoisotopic (exact) mass is 372 g/mol. The molecular formula is C19H18ClFN4O. The standard InChI is InChI=1S/C19H18ClFN4O/c1-10-11(2)23-19-17(22-10)16(14-4-3-13(20)9-15(14)21)24-18(25-19)12-5-7-26-8-6-12/h3-4,9,12H,5-8H2,1-2H3. The first-order valence-electron chi connectivity index (χ1n) is 8.59. The van der Waals surface area contributed by atoms with Gasteiger partial charge in [-0.15, -0.1) is 0 Å². The summed E-state index contributed by atoms with van der Waals surface area (Å²) in [6.45, 7) is 5.11. The van der Waals surface area contributed by atoms with Crippen molar-refractivity contribution in [3.05, 3.63) is 46.3 Å². The molecule has 26 heavy (non-hydrogen) atoms. The third kappa shape index (κ3) is 3.15. The van der Waals surface area contributed by atoms with E-state index in [-0.39, 0.29) is 5.92 Å². The van der Waals surface area contributed by atoms with Crippen molar-refractivity contribution < 1.29 is 9.13 Å². The van der Waals surface area contributed by atoms with E-state index >= 15 is 0 Å². The highest BCUT2D eigenvalue weighted by Gasteiger charge is 2.23. The molecular weight excluding hydrogens is 355 g/mol. The van der Waals surface area contributed by atoms with Crippen molar-refractivity contribution in [3.8, 4) is 11.3 Å². The highest BCUT2D eigenvalue weighted by molar-refractivity contribution is 6.30. The number of hydrogen-bond acceptors (Lipinski definition) is 5. The van der Waals surface area contributed by atoms with Crippen molar-refractivity contribution in [1.82, 2.24) is 19.9 Å². The van der Waals surface area contributed by atoms with Gasteiger partial charge in [0.2, 0.25) is 0 Å². The lowest BCUT2D eigenvalue weighted by Crippen LogP contribution is -2.17. The van der Waals surface area contributed by atoms with E-state index in [2.05, 4.69) is 15.0 Å². The summed E-state index contributed by atoms with van der Waals surface area (Å²) in [7, 11) is 0. The first kappa shape index (κ1) is 17.2. The average molecular weight is 373 g/mol. The molecule has 0 unspecified atom stereocenters. The van der Waals surface area contributed by atoms with Gasteiger partial charge in [-0.3, -0.25) is 0 Å². The van der Waals surface area contributed by atoms with E-state index in [1.807, 2.05) is 13.8 Å². The maximum Gasteiger partial charge on any atom is 0.182 e. The summed E-state index contributed by atoms with van der Waals surface area (Å²) in [5, 5.41) is 0.340. The molecule has 5 nitrogen and oxygen atoms in total. The Morgan fingerprint density at radius 1 is 1.04 bits per heavy atom. The minimum atomic E-state index is -0.435. The number of nitrogens with zero attached hydrogens (tertiary/aromatic N) is 4. The van der Waals surface area contributed by atoms with Crippen molar-refractivity contribution in [2.45, 2.75) is 32.6 Å². The van der Waals surface area contributed by atoms with Crippen molar-refractivity contribution in [2.75, 3.05) is 13.2 Å². The van der Waals surface area contributed by atoms with Crippen LogP contribution in [-0.4, -0.2) is 33.1 Å². The Balaban J connectivity index is 1.97. The van der Waals surface area contributed by atoms with Crippen LogP contribution in [0.25, 0.3) is 22.4 Å². The van der Waals surface area contributed by atoms with E-state index in [9.17, 15) is 4.39 Å². The van der Waals surface area contributed by atoms with Crippen molar-refractivity contribution in [2.24, 2.45) is 0 Å². The van der Waals surface area contributed by atoms with E-state index in [0.29, 0.717) is 46.5 Å². The summed E-state index contributed by atoms with van der Waals surface area (Å²) in [5.74, 6) is 0.406. The zero-order valence-electron chi connectivity index (χ0n) is 14.6. The van der Waals surface area contributed by atoms with Gasteiger partial charge in [-0.2, -0.15) is 0 Å². The maximum atomic E-state index is 14.6. The van der Waals surface area contributed by atoms with Crippen LogP contribution >= 0.6 is 11.6 Å². The summed E-state index contributed by atoms with van der Waals surface area (Å²) >= 11 is 5.91. The molecule has 1 aromatic carbocycles. The lowest BCUT2D eigenvalue weighted by molar-refractivity contribution is 0.0836. The number of benzene rings is 1. The summed E-state index contributed by atoms with van der Waals surface area (Å²) in [4.78, 5) is 18.5. The molecule has 1 saturated heterocycles. The highest BCUT2D eigenvalue weighted by Crippen LogP contribution is 2.32. The molecule has 0 amide bonds. The van der Waals surface area contributed by atoms with Crippen LogP contribution in [-0.2, 0) is 4.74 Å². The largest absolute Gasteiger partial charge is 0.381 e. The Morgan fingerprint density at radius 2 is 1.77 bits per heavy atom. The van der Waals surface area contributed by atoms with Gasteiger partial charge in [-0.25, -0.2) is 24.3 Å². The van der Waals surface area contributed by atoms with Gasteiger partial charge in [0.05, 0.1) is 11.4 Å². The summed E-state index contributed by atoms with van der Waals surface area (Å²) in [6.07, 6.45) is 1.68. The van der Waals surface area contributed by atoms with Crippen molar-refractivity contribution >= 4 is 22.8 Å². The molecule has 0 N–H and O–H groups in total. The van der Waals surface area contributed by atoms with Gasteiger partial charge in [0.25, 0.3) is 0 Å². The van der Waals surface area contributed by atoms with Gasteiger partial charge in [-0.1, -0.05) is 11.6 Å². The molecule has 0 bridgehead atoms. The van der Waals surface area contributed by atoms with Crippen LogP contribution in [0.1, 0.15) is 36.0 Å². The van der Waals surface area contributed by atoms with Gasteiger partial charge < -0.3 is 4.74 Å². The Labute approximate surface area is 155 Å². The van der Waals surface area contributed by atoms with Gasteiger partial charge in [0.15, 0.2) is 5.65 Å². The molecule has 1 fully saturated rings. The van der Waals surface area contributed by atoms with E-state index in [4.69, 9.17) is 21.3 Å². The van der Waals surface area contributed by atoms with Crippen LogP contribution in [0.5, 0.6) is 0 Å². The summed E-state index contributed by atoms with van der Waals surface area (Å²) < 4.78 is 20.0. The molecule has 3 aromatic rings. The number of rotatable bonds is 2. The molecule has 0 saturated carbocycles. The normalized spacial score (nSPS) is 15.5. The Kier molecular flexibility index (Phi) is 4.54. The van der Waals surface area contributed by atoms with Crippen LogP contribution in [0.3, 0.4) is 0 Å². The fraction of sp³-hybridized carbons (Fsp3) is 0.368. The number of aromatic nitrogens is 4. The summed E-state index contributed by atoms with van der Waals surface area (Å²) in [5.41, 5.74) is 3.39. The predicted molar refractivity (Wildman–Crippen MR) is 97.8 cm³/mol. The first-order chi connectivity index (χ1) is 12.5. The quantitative estimate of drug-likeness (QED) is 0.667. The second kappa shape index (κ2) is 6.85. The Morgan fingerprint density at radius 3 is 2.50 bits per heavy atom. The minimum Gasteiger partial charge on any atom is -0.381 e. The van der Waals surface area contributed by atoms with E-state index < -0.39 is 5.82 Å². The highest BCUT2D eigenvalue weighted by atomic mass is 35.5. The predicted octanol–water partition coefficient (Wildman–Crippen LogP) is 4.39. The molecule has 0 aliphatic carbocycles. The van der Waals surface area contributed by atoms with Crippen molar-refractivity contribution in [3.63, 3.8) is 0 Å². The zero-order chi connectivity index (χ0) is 18.3. The van der Waals surface area contributed by atoms with Crippen LogP contribution in [0.4, 0.5) is 4.39 Å². The number of hydrogen-bond donors (Lipinski definition) is 0. The molecule has 1 aliphatic heterocycles. The van der Waals surface area contributed by atoms with Crippen LogP contribution in [0, 0.1) is 19.7 Å². The van der Waals surface area contributed by atoms with E-state index in [1.54, 1.807) is 12.1 Å². The Hall–Kier alpha value is -2.18. The van der Waals surface area contributed by atoms with Gasteiger partial charge in [0.1, 0.15) is 22.9 Å². The second-order valence-electron chi connectivity index (χ2n) is 6.51. The lowest BCUT2D eigenvalue weighted by Gasteiger charge is -2.21. The topological polar surface area (TPSA) is 60.8 Å². The average Bonchev–Trinajstić information content (AvgIpc) is 2.63. The van der Waals surface area contributed by atoms with E-state index in [1.165, 1.54) is 6.07 Å². The van der Waals surface area contributed by atoms with E-state index in [0.717, 1.165) is 24.2 Å². The third-order valence-corrected chi connectivity index (χ3v) is 4.97. The first-order valence-corrected chi connectivity index (χ1v) is 8.97. The molecule has 2 aromatic heterocycles. The van der Waals surface area contributed by atoms with Crippen LogP contribution < -0.4 is 0 Å². The van der Waals surface area contributed by atoms with Gasteiger partial charge in [-0.05, 0) is 44.9 Å². The maximum absolute atomic E-state index is 14.6. The fourth-order valence-electron chi connectivity index (χ4n) is 3.14. The molecule has 3 heterocycles. The molecule has 0 radical (unpaired) electrons. The molecule has 4 rings (SSSR count). The molecule has 0 atom stereocenters.